The molecule has 94 valence electrons. The van der Waals surface area contributed by atoms with Crippen molar-refractivity contribution in [2.75, 3.05) is 32.0 Å². The van der Waals surface area contributed by atoms with Crippen LogP contribution in [0.1, 0.15) is 19.3 Å². The molecule has 0 aromatic carbocycles. The van der Waals surface area contributed by atoms with Gasteiger partial charge in [-0.2, -0.15) is 0 Å². The molecule has 17 heavy (non-hydrogen) atoms. The summed E-state index contributed by atoms with van der Waals surface area (Å²) < 4.78 is 1.03. The van der Waals surface area contributed by atoms with Gasteiger partial charge in [-0.15, -0.1) is 0 Å². The third-order valence-electron chi connectivity index (χ3n) is 3.42. The molecule has 3 nitrogen and oxygen atoms in total. The third kappa shape index (κ3) is 4.28. The zero-order valence-corrected chi connectivity index (χ0v) is 11.9. The maximum atomic E-state index is 4.31. The van der Waals surface area contributed by atoms with Crippen molar-refractivity contribution in [3.05, 3.63) is 22.8 Å². The van der Waals surface area contributed by atoms with Crippen LogP contribution in [0, 0.1) is 5.92 Å². The molecule has 1 N–H and O–H groups in total. The second-order valence-corrected chi connectivity index (χ2v) is 5.74. The molecule has 0 amide bonds. The van der Waals surface area contributed by atoms with E-state index in [4.69, 9.17) is 0 Å². The molecule has 0 spiro atoms. The number of aromatic nitrogens is 1. The predicted molar refractivity (Wildman–Crippen MR) is 75.3 cm³/mol. The third-order valence-corrected chi connectivity index (χ3v) is 3.89. The number of hydrogen-bond acceptors (Lipinski definition) is 3. The van der Waals surface area contributed by atoms with Gasteiger partial charge < -0.3 is 10.2 Å². The molecule has 0 radical (unpaired) electrons. The lowest BCUT2D eigenvalue weighted by Crippen LogP contribution is -2.30. The van der Waals surface area contributed by atoms with Crippen LogP contribution in [0.4, 0.5) is 5.82 Å². The number of halogens is 1. The van der Waals surface area contributed by atoms with Crippen LogP contribution in [0.5, 0.6) is 0 Å². The molecular formula is C13H20BrN3. The average molecular weight is 298 g/mol. The Labute approximate surface area is 112 Å². The number of anilines is 1. The van der Waals surface area contributed by atoms with E-state index in [1.807, 2.05) is 18.3 Å². The first-order valence-corrected chi connectivity index (χ1v) is 7.07. The first kappa shape index (κ1) is 12.8. The summed E-state index contributed by atoms with van der Waals surface area (Å²) in [6.07, 6.45) is 5.77. The molecular weight excluding hydrogens is 278 g/mol. The van der Waals surface area contributed by atoms with Crippen LogP contribution in [0.3, 0.4) is 0 Å². The summed E-state index contributed by atoms with van der Waals surface area (Å²) in [5.74, 6) is 1.86. The number of piperidine rings is 1. The largest absolute Gasteiger partial charge is 0.370 e. The first-order valence-electron chi connectivity index (χ1n) is 6.28. The fraction of sp³-hybridized carbons (Fsp3) is 0.615. The highest BCUT2D eigenvalue weighted by Crippen LogP contribution is 2.19. The minimum atomic E-state index is 0.883. The highest BCUT2D eigenvalue weighted by molar-refractivity contribution is 9.10. The quantitative estimate of drug-likeness (QED) is 0.926. The van der Waals surface area contributed by atoms with Crippen molar-refractivity contribution in [1.29, 1.82) is 0 Å². The maximum absolute atomic E-state index is 4.31. The molecule has 2 rings (SSSR count). The van der Waals surface area contributed by atoms with Crippen LogP contribution in [-0.4, -0.2) is 36.6 Å². The molecule has 1 aromatic heterocycles. The van der Waals surface area contributed by atoms with E-state index in [0.717, 1.165) is 22.8 Å². The number of likely N-dealkylation sites (tertiary alicyclic amines) is 1. The molecule has 1 aliphatic rings. The van der Waals surface area contributed by atoms with Crippen LogP contribution < -0.4 is 5.32 Å². The van der Waals surface area contributed by atoms with Crippen LogP contribution in [0.2, 0.25) is 0 Å². The molecule has 1 fully saturated rings. The van der Waals surface area contributed by atoms with Crippen molar-refractivity contribution in [2.24, 2.45) is 5.92 Å². The van der Waals surface area contributed by atoms with Crippen molar-refractivity contribution in [3.8, 4) is 0 Å². The van der Waals surface area contributed by atoms with Crippen molar-refractivity contribution < 1.29 is 0 Å². The Kier molecular flexibility index (Phi) is 4.80. The average Bonchev–Trinajstić information content (AvgIpc) is 2.34. The highest BCUT2D eigenvalue weighted by Gasteiger charge is 2.15. The van der Waals surface area contributed by atoms with Crippen LogP contribution in [-0.2, 0) is 0 Å². The Morgan fingerprint density at radius 1 is 1.41 bits per heavy atom. The van der Waals surface area contributed by atoms with Gasteiger partial charge in [0.15, 0.2) is 0 Å². The number of pyridine rings is 1. The monoisotopic (exact) mass is 297 g/mol. The summed E-state index contributed by atoms with van der Waals surface area (Å²) in [7, 11) is 2.21. The van der Waals surface area contributed by atoms with Gasteiger partial charge in [-0.1, -0.05) is 0 Å². The van der Waals surface area contributed by atoms with Gasteiger partial charge >= 0.3 is 0 Å². The van der Waals surface area contributed by atoms with E-state index >= 15 is 0 Å². The summed E-state index contributed by atoms with van der Waals surface area (Å²) >= 11 is 3.39. The van der Waals surface area contributed by atoms with E-state index in [1.54, 1.807) is 0 Å². The van der Waals surface area contributed by atoms with E-state index < -0.39 is 0 Å². The molecule has 1 aliphatic heterocycles. The second kappa shape index (κ2) is 6.36. The lowest BCUT2D eigenvalue weighted by molar-refractivity contribution is 0.215. The minimum Gasteiger partial charge on any atom is -0.370 e. The summed E-state index contributed by atoms with van der Waals surface area (Å²) in [4.78, 5) is 6.72. The molecule has 0 atom stereocenters. The van der Waals surface area contributed by atoms with E-state index in [2.05, 4.69) is 38.2 Å². The zero-order valence-electron chi connectivity index (χ0n) is 10.3. The Bertz CT molecular complexity index is 331. The minimum absolute atomic E-state index is 0.883. The standard InChI is InChI=1S/C13H20BrN3/c1-17-8-5-11(6-9-17)4-7-15-13-3-2-12(14)10-16-13/h2-3,10-11H,4-9H2,1H3,(H,15,16). The van der Waals surface area contributed by atoms with Gasteiger partial charge in [-0.3, -0.25) is 0 Å². The predicted octanol–water partition coefficient (Wildman–Crippen LogP) is 2.99. The molecule has 1 saturated heterocycles. The van der Waals surface area contributed by atoms with E-state index in [1.165, 1.54) is 32.4 Å². The number of nitrogens with one attached hydrogen (secondary N) is 1. The zero-order chi connectivity index (χ0) is 12.1. The number of hydrogen-bond donors (Lipinski definition) is 1. The number of rotatable bonds is 4. The SMILES string of the molecule is CN1CCC(CCNc2ccc(Br)cn2)CC1. The second-order valence-electron chi connectivity index (χ2n) is 4.82. The van der Waals surface area contributed by atoms with Gasteiger partial charge in [0, 0.05) is 17.2 Å². The van der Waals surface area contributed by atoms with E-state index in [9.17, 15) is 0 Å². The summed E-state index contributed by atoms with van der Waals surface area (Å²) in [6, 6.07) is 4.03. The van der Waals surface area contributed by atoms with Gasteiger partial charge in [0.05, 0.1) is 0 Å². The van der Waals surface area contributed by atoms with Crippen LogP contribution >= 0.6 is 15.9 Å². The topological polar surface area (TPSA) is 28.2 Å². The van der Waals surface area contributed by atoms with E-state index in [-0.39, 0.29) is 0 Å². The highest BCUT2D eigenvalue weighted by atomic mass is 79.9. The van der Waals surface area contributed by atoms with Crippen molar-refractivity contribution in [2.45, 2.75) is 19.3 Å². The molecule has 0 saturated carbocycles. The Balaban J connectivity index is 1.67. The van der Waals surface area contributed by atoms with Gasteiger partial charge in [0.1, 0.15) is 5.82 Å². The lowest BCUT2D eigenvalue weighted by Gasteiger charge is -2.28. The Morgan fingerprint density at radius 2 is 2.18 bits per heavy atom. The van der Waals surface area contributed by atoms with Gasteiger partial charge in [0.2, 0.25) is 0 Å². The molecule has 1 aromatic rings. The van der Waals surface area contributed by atoms with Crippen molar-refractivity contribution >= 4 is 21.7 Å². The fourth-order valence-corrected chi connectivity index (χ4v) is 2.47. The smallest absolute Gasteiger partial charge is 0.125 e. The summed E-state index contributed by atoms with van der Waals surface area (Å²) in [5.41, 5.74) is 0. The molecule has 0 unspecified atom stereocenters. The fourth-order valence-electron chi connectivity index (χ4n) is 2.24. The molecule has 2 heterocycles. The van der Waals surface area contributed by atoms with Crippen LogP contribution in [0.25, 0.3) is 0 Å². The van der Waals surface area contributed by atoms with Gasteiger partial charge in [-0.05, 0) is 73.4 Å². The van der Waals surface area contributed by atoms with Crippen molar-refractivity contribution in [1.82, 2.24) is 9.88 Å². The van der Waals surface area contributed by atoms with Gasteiger partial charge in [0.25, 0.3) is 0 Å². The lowest BCUT2D eigenvalue weighted by atomic mass is 9.94. The Morgan fingerprint density at radius 3 is 2.82 bits per heavy atom. The maximum Gasteiger partial charge on any atom is 0.125 e. The molecule has 0 aliphatic carbocycles. The summed E-state index contributed by atoms with van der Waals surface area (Å²) in [6.45, 7) is 3.53. The van der Waals surface area contributed by atoms with E-state index in [0.29, 0.717) is 0 Å². The van der Waals surface area contributed by atoms with Gasteiger partial charge in [-0.25, -0.2) is 4.98 Å². The normalized spacial score (nSPS) is 18.2. The molecule has 4 heteroatoms. The number of nitrogens with zero attached hydrogens (tertiary/aromatic N) is 2. The first-order chi connectivity index (χ1) is 8.24. The Hall–Kier alpha value is -0.610. The van der Waals surface area contributed by atoms with Crippen LogP contribution in [0.15, 0.2) is 22.8 Å². The molecule has 0 bridgehead atoms. The van der Waals surface area contributed by atoms with Crippen molar-refractivity contribution in [3.63, 3.8) is 0 Å². The summed E-state index contributed by atoms with van der Waals surface area (Å²) in [5, 5.41) is 3.38.